The highest BCUT2D eigenvalue weighted by Crippen LogP contribution is 2.43. The van der Waals surface area contributed by atoms with Gasteiger partial charge in [0.25, 0.3) is 0 Å². The van der Waals surface area contributed by atoms with Crippen LogP contribution in [0, 0.1) is 5.41 Å². The van der Waals surface area contributed by atoms with Crippen molar-refractivity contribution in [2.75, 3.05) is 6.61 Å². The van der Waals surface area contributed by atoms with Gasteiger partial charge in [0, 0.05) is 5.41 Å². The summed E-state index contributed by atoms with van der Waals surface area (Å²) in [6.45, 7) is 6.54. The SMILES string of the molecule is CC(C)(CO[C@H]1CC[C@@](C)(O)CC1)[C@]1(O)CC[C@H](O)CC1. The first-order chi connectivity index (χ1) is 9.64. The Hall–Kier alpha value is -0.160. The van der Waals surface area contributed by atoms with Gasteiger partial charge in [-0.2, -0.15) is 0 Å². The zero-order chi connectivity index (χ0) is 15.7. The molecule has 0 aromatic rings. The van der Waals surface area contributed by atoms with E-state index in [2.05, 4.69) is 13.8 Å². The maximum atomic E-state index is 10.9. The van der Waals surface area contributed by atoms with Gasteiger partial charge in [0.05, 0.1) is 30.0 Å². The lowest BCUT2D eigenvalue weighted by Crippen LogP contribution is -2.51. The first-order valence-electron chi connectivity index (χ1n) is 8.38. The molecular formula is C17H32O4. The van der Waals surface area contributed by atoms with Crippen LogP contribution in [0.4, 0.5) is 0 Å². The minimum absolute atomic E-state index is 0.197. The number of hydrogen-bond acceptors (Lipinski definition) is 4. The maximum absolute atomic E-state index is 10.9. The molecule has 4 heteroatoms. The molecule has 0 amide bonds. The second-order valence-corrected chi connectivity index (χ2v) is 8.15. The average molecular weight is 300 g/mol. The van der Waals surface area contributed by atoms with E-state index in [9.17, 15) is 15.3 Å². The Morgan fingerprint density at radius 1 is 1.00 bits per heavy atom. The quantitative estimate of drug-likeness (QED) is 0.745. The summed E-state index contributed by atoms with van der Waals surface area (Å²) in [5, 5.41) is 30.5. The molecule has 2 rings (SSSR count). The second kappa shape index (κ2) is 6.15. The summed E-state index contributed by atoms with van der Waals surface area (Å²) in [5.41, 5.74) is -1.59. The summed E-state index contributed by atoms with van der Waals surface area (Å²) in [5.74, 6) is 0. The number of aliphatic hydroxyl groups is 3. The number of ether oxygens (including phenoxy) is 1. The molecule has 0 unspecified atom stereocenters. The lowest BCUT2D eigenvalue weighted by atomic mass is 9.67. The van der Waals surface area contributed by atoms with Gasteiger partial charge in [0.15, 0.2) is 0 Å². The minimum Gasteiger partial charge on any atom is -0.393 e. The molecule has 0 saturated heterocycles. The molecule has 0 aromatic heterocycles. The topological polar surface area (TPSA) is 69.9 Å². The highest BCUT2D eigenvalue weighted by Gasteiger charge is 2.46. The summed E-state index contributed by atoms with van der Waals surface area (Å²) < 4.78 is 6.05. The maximum Gasteiger partial charge on any atom is 0.0722 e. The number of rotatable bonds is 4. The molecule has 2 aliphatic carbocycles. The van der Waals surface area contributed by atoms with E-state index in [1.807, 2.05) is 6.92 Å². The summed E-state index contributed by atoms with van der Waals surface area (Å²) in [6.07, 6.45) is 5.92. The molecule has 2 fully saturated rings. The monoisotopic (exact) mass is 300 g/mol. The molecule has 0 aliphatic heterocycles. The predicted octanol–water partition coefficient (Wildman–Crippen LogP) is 2.39. The molecule has 4 nitrogen and oxygen atoms in total. The van der Waals surface area contributed by atoms with E-state index in [4.69, 9.17) is 4.74 Å². The molecule has 124 valence electrons. The van der Waals surface area contributed by atoms with Gasteiger partial charge in [-0.25, -0.2) is 0 Å². The average Bonchev–Trinajstić information content (AvgIpc) is 2.41. The smallest absolute Gasteiger partial charge is 0.0722 e. The molecule has 0 aromatic carbocycles. The van der Waals surface area contributed by atoms with Crippen LogP contribution in [0.3, 0.4) is 0 Å². The third-order valence-corrected chi connectivity index (χ3v) is 5.73. The van der Waals surface area contributed by atoms with Crippen molar-refractivity contribution in [3.8, 4) is 0 Å². The highest BCUT2D eigenvalue weighted by atomic mass is 16.5. The van der Waals surface area contributed by atoms with Gasteiger partial charge in [-0.05, 0) is 58.3 Å². The van der Waals surface area contributed by atoms with Crippen molar-refractivity contribution in [3.05, 3.63) is 0 Å². The van der Waals surface area contributed by atoms with E-state index < -0.39 is 11.2 Å². The van der Waals surface area contributed by atoms with Gasteiger partial charge in [-0.15, -0.1) is 0 Å². The van der Waals surface area contributed by atoms with Gasteiger partial charge in [-0.1, -0.05) is 13.8 Å². The third kappa shape index (κ3) is 4.19. The second-order valence-electron chi connectivity index (χ2n) is 8.15. The van der Waals surface area contributed by atoms with Gasteiger partial charge in [-0.3, -0.25) is 0 Å². The van der Waals surface area contributed by atoms with Gasteiger partial charge in [0.2, 0.25) is 0 Å². The normalized spacial score (nSPS) is 42.0. The van der Waals surface area contributed by atoms with E-state index in [0.717, 1.165) is 25.7 Å². The van der Waals surface area contributed by atoms with E-state index in [1.165, 1.54) is 0 Å². The van der Waals surface area contributed by atoms with Crippen LogP contribution >= 0.6 is 0 Å². The van der Waals surface area contributed by atoms with Crippen molar-refractivity contribution >= 4 is 0 Å². The van der Waals surface area contributed by atoms with E-state index in [1.54, 1.807) is 0 Å². The van der Waals surface area contributed by atoms with Crippen molar-refractivity contribution in [2.24, 2.45) is 5.41 Å². The van der Waals surface area contributed by atoms with Crippen LogP contribution in [-0.2, 0) is 4.74 Å². The van der Waals surface area contributed by atoms with Crippen LogP contribution in [-0.4, -0.2) is 45.3 Å². The van der Waals surface area contributed by atoms with Crippen molar-refractivity contribution in [1.82, 2.24) is 0 Å². The van der Waals surface area contributed by atoms with Gasteiger partial charge in [0.1, 0.15) is 0 Å². The lowest BCUT2D eigenvalue weighted by Gasteiger charge is -2.46. The van der Waals surface area contributed by atoms with Crippen LogP contribution in [0.25, 0.3) is 0 Å². The molecular weight excluding hydrogens is 268 g/mol. The number of aliphatic hydroxyl groups excluding tert-OH is 1. The fourth-order valence-corrected chi connectivity index (χ4v) is 3.60. The zero-order valence-corrected chi connectivity index (χ0v) is 13.8. The molecule has 0 bridgehead atoms. The third-order valence-electron chi connectivity index (χ3n) is 5.73. The fourth-order valence-electron chi connectivity index (χ4n) is 3.60. The zero-order valence-electron chi connectivity index (χ0n) is 13.8. The molecule has 0 spiro atoms. The summed E-state index contributed by atoms with van der Waals surface area (Å²) >= 11 is 0. The molecule has 0 heterocycles. The predicted molar refractivity (Wildman–Crippen MR) is 82.0 cm³/mol. The summed E-state index contributed by atoms with van der Waals surface area (Å²) in [6, 6.07) is 0. The van der Waals surface area contributed by atoms with Crippen molar-refractivity contribution in [1.29, 1.82) is 0 Å². The Labute approximate surface area is 128 Å². The minimum atomic E-state index is -0.744. The highest BCUT2D eigenvalue weighted by molar-refractivity contribution is 4.97. The molecule has 0 atom stereocenters. The van der Waals surface area contributed by atoms with Crippen LogP contribution in [0.5, 0.6) is 0 Å². The summed E-state index contributed by atoms with van der Waals surface area (Å²) in [7, 11) is 0. The Morgan fingerprint density at radius 2 is 1.52 bits per heavy atom. The molecule has 21 heavy (non-hydrogen) atoms. The van der Waals surface area contributed by atoms with Crippen LogP contribution < -0.4 is 0 Å². The van der Waals surface area contributed by atoms with Crippen molar-refractivity contribution < 1.29 is 20.1 Å². The van der Waals surface area contributed by atoms with E-state index >= 15 is 0 Å². The summed E-state index contributed by atoms with van der Waals surface area (Å²) in [4.78, 5) is 0. The van der Waals surface area contributed by atoms with Crippen LogP contribution in [0.1, 0.15) is 72.1 Å². The van der Waals surface area contributed by atoms with Crippen LogP contribution in [0.15, 0.2) is 0 Å². The Morgan fingerprint density at radius 3 is 2.05 bits per heavy atom. The Balaban J connectivity index is 1.84. The largest absolute Gasteiger partial charge is 0.393 e. The molecule has 0 radical (unpaired) electrons. The van der Waals surface area contributed by atoms with E-state index in [0.29, 0.717) is 32.3 Å². The lowest BCUT2D eigenvalue weighted by molar-refractivity contribution is -0.152. The van der Waals surface area contributed by atoms with Gasteiger partial charge >= 0.3 is 0 Å². The van der Waals surface area contributed by atoms with Crippen molar-refractivity contribution in [2.45, 2.75) is 95.5 Å². The Kier molecular flexibility index (Phi) is 5.04. The van der Waals surface area contributed by atoms with E-state index in [-0.39, 0.29) is 17.6 Å². The standard InChI is InChI=1S/C17H32O4/c1-15(2,17(20)10-4-13(18)5-11-17)12-21-14-6-8-16(3,19)9-7-14/h13-14,18-20H,4-12H2,1-3H3/t13-,14-,16+,17-. The molecule has 2 saturated carbocycles. The molecule has 2 aliphatic rings. The fraction of sp³-hybridized carbons (Fsp3) is 1.00. The van der Waals surface area contributed by atoms with Gasteiger partial charge < -0.3 is 20.1 Å². The first-order valence-corrected chi connectivity index (χ1v) is 8.38. The molecule has 3 N–H and O–H groups in total. The number of hydrogen-bond donors (Lipinski definition) is 3. The van der Waals surface area contributed by atoms with Crippen LogP contribution in [0.2, 0.25) is 0 Å². The first kappa shape index (κ1) is 17.2. The van der Waals surface area contributed by atoms with Crippen molar-refractivity contribution in [3.63, 3.8) is 0 Å². The Bertz CT molecular complexity index is 333.